The zero-order valence-electron chi connectivity index (χ0n) is 17.6. The molecule has 1 amide bonds. The second-order valence-corrected chi connectivity index (χ2v) is 8.25. The van der Waals surface area contributed by atoms with Crippen molar-refractivity contribution >= 4 is 28.7 Å². The van der Waals surface area contributed by atoms with Crippen LogP contribution in [-0.2, 0) is 0 Å². The van der Waals surface area contributed by atoms with E-state index in [9.17, 15) is 9.59 Å². The first-order valence-electron chi connectivity index (χ1n) is 9.64. The summed E-state index contributed by atoms with van der Waals surface area (Å²) in [6, 6.07) is 13.0. The fourth-order valence-electron chi connectivity index (χ4n) is 3.02. The Labute approximate surface area is 183 Å². The van der Waals surface area contributed by atoms with Gasteiger partial charge in [-0.3, -0.25) is 14.6 Å². The summed E-state index contributed by atoms with van der Waals surface area (Å²) < 4.78 is 1.45. The van der Waals surface area contributed by atoms with Gasteiger partial charge >= 0.3 is 0 Å². The maximum Gasteiger partial charge on any atom is 0.256 e. The predicted molar refractivity (Wildman–Crippen MR) is 123 cm³/mol. The monoisotopic (exact) mass is 434 g/mol. The second kappa shape index (κ2) is 8.19. The average Bonchev–Trinajstić information content (AvgIpc) is 3.41. The van der Waals surface area contributed by atoms with Gasteiger partial charge in [-0.05, 0) is 43.5 Å². The first-order chi connectivity index (χ1) is 14.8. The molecule has 2 N–H and O–H groups in total. The maximum absolute atomic E-state index is 13.0. The van der Waals surface area contributed by atoms with Crippen LogP contribution in [0.25, 0.3) is 16.5 Å². The van der Waals surface area contributed by atoms with Crippen LogP contribution in [0.5, 0.6) is 0 Å². The summed E-state index contributed by atoms with van der Waals surface area (Å²) in [5.41, 5.74) is 3.00. The molecule has 0 radical (unpaired) electrons. The molecule has 3 aromatic heterocycles. The highest BCUT2D eigenvalue weighted by molar-refractivity contribution is 7.13. The summed E-state index contributed by atoms with van der Waals surface area (Å²) >= 11 is 1.54. The van der Waals surface area contributed by atoms with Crippen LogP contribution in [0.4, 0.5) is 11.5 Å². The summed E-state index contributed by atoms with van der Waals surface area (Å²) in [6.45, 7) is 3.48. The van der Waals surface area contributed by atoms with E-state index in [1.807, 2.05) is 54.7 Å². The Balaban J connectivity index is 1.77. The number of aromatic amines is 1. The number of H-pyrrole nitrogens is 1. The number of anilines is 2. The molecule has 0 unspecified atom stereocenters. The van der Waals surface area contributed by atoms with E-state index >= 15 is 0 Å². The summed E-state index contributed by atoms with van der Waals surface area (Å²) in [4.78, 5) is 35.4. The Morgan fingerprint density at radius 2 is 1.97 bits per heavy atom. The summed E-state index contributed by atoms with van der Waals surface area (Å²) in [5.74, 6) is 0.372. The molecule has 0 saturated carbocycles. The predicted octanol–water partition coefficient (Wildman–Crippen LogP) is 3.62. The molecular formula is C22H22N6O2S. The van der Waals surface area contributed by atoms with Crippen LogP contribution in [0.1, 0.15) is 21.6 Å². The highest BCUT2D eigenvalue weighted by atomic mass is 32.1. The molecule has 8 nitrogen and oxygen atoms in total. The number of aromatic nitrogens is 4. The number of amides is 1. The number of aryl methyl sites for hydroxylation is 1. The standard InChI is InChI=1S/C22H22N6O2S/c1-13-14(2)23-22(25-20(13)29)28-19(12-17(26-28)18-9-6-10-31-18)24-21(30)15-7-5-8-16(11-15)27(3)4/h5-12H,1-4H3,(H,24,30)(H,23,25,29). The third kappa shape index (κ3) is 4.13. The number of thiophene rings is 1. The Morgan fingerprint density at radius 1 is 1.16 bits per heavy atom. The van der Waals surface area contributed by atoms with E-state index in [1.165, 1.54) is 16.0 Å². The van der Waals surface area contributed by atoms with Crippen LogP contribution >= 0.6 is 11.3 Å². The Hall–Kier alpha value is -3.72. The minimum absolute atomic E-state index is 0.244. The molecule has 158 valence electrons. The number of benzene rings is 1. The minimum Gasteiger partial charge on any atom is -0.378 e. The van der Waals surface area contributed by atoms with E-state index in [2.05, 4.69) is 20.4 Å². The van der Waals surface area contributed by atoms with Gasteiger partial charge in [-0.25, -0.2) is 4.98 Å². The lowest BCUT2D eigenvalue weighted by Gasteiger charge is -2.14. The molecule has 0 saturated heterocycles. The largest absolute Gasteiger partial charge is 0.378 e. The maximum atomic E-state index is 13.0. The van der Waals surface area contributed by atoms with Gasteiger partial charge in [0.1, 0.15) is 11.5 Å². The molecule has 0 aliphatic rings. The van der Waals surface area contributed by atoms with E-state index in [0.29, 0.717) is 28.3 Å². The fourth-order valence-corrected chi connectivity index (χ4v) is 3.70. The molecule has 0 aliphatic heterocycles. The first kappa shape index (κ1) is 20.5. The molecule has 0 bridgehead atoms. The van der Waals surface area contributed by atoms with Crippen LogP contribution in [0.2, 0.25) is 0 Å². The molecule has 4 aromatic rings. The molecule has 3 heterocycles. The van der Waals surface area contributed by atoms with E-state index in [0.717, 1.165) is 10.6 Å². The number of nitrogens with zero attached hydrogens (tertiary/aromatic N) is 4. The molecular weight excluding hydrogens is 412 g/mol. The molecule has 9 heteroatoms. The second-order valence-electron chi connectivity index (χ2n) is 7.30. The number of hydrogen-bond acceptors (Lipinski definition) is 6. The topological polar surface area (TPSA) is 95.9 Å². The van der Waals surface area contributed by atoms with Gasteiger partial charge in [0, 0.05) is 42.7 Å². The third-order valence-corrected chi connectivity index (χ3v) is 5.82. The molecule has 4 rings (SSSR count). The molecule has 0 fully saturated rings. The van der Waals surface area contributed by atoms with Gasteiger partial charge in [-0.2, -0.15) is 9.78 Å². The smallest absolute Gasteiger partial charge is 0.256 e. The van der Waals surface area contributed by atoms with Gasteiger partial charge in [0.2, 0.25) is 5.95 Å². The zero-order valence-corrected chi connectivity index (χ0v) is 18.4. The summed E-state index contributed by atoms with van der Waals surface area (Å²) in [5, 5.41) is 9.47. The Kier molecular flexibility index (Phi) is 5.43. The van der Waals surface area contributed by atoms with E-state index in [4.69, 9.17) is 0 Å². The lowest BCUT2D eigenvalue weighted by Crippen LogP contribution is -2.21. The average molecular weight is 435 g/mol. The number of rotatable bonds is 5. The molecule has 0 aliphatic carbocycles. The van der Waals surface area contributed by atoms with Gasteiger partial charge in [0.05, 0.1) is 4.88 Å². The van der Waals surface area contributed by atoms with Crippen molar-refractivity contribution in [1.82, 2.24) is 19.7 Å². The SMILES string of the molecule is Cc1nc(-n2nc(-c3cccs3)cc2NC(=O)c2cccc(N(C)C)c2)[nH]c(=O)c1C. The fraction of sp³-hybridized carbons (Fsp3) is 0.182. The number of hydrogen-bond donors (Lipinski definition) is 2. The number of nitrogens with one attached hydrogen (secondary N) is 2. The number of carbonyl (C=O) groups excluding carboxylic acids is 1. The van der Waals surface area contributed by atoms with Gasteiger partial charge in [0.25, 0.3) is 11.5 Å². The van der Waals surface area contributed by atoms with Crippen molar-refractivity contribution in [2.75, 3.05) is 24.3 Å². The van der Waals surface area contributed by atoms with Gasteiger partial charge in [-0.1, -0.05) is 12.1 Å². The zero-order chi connectivity index (χ0) is 22.1. The van der Waals surface area contributed by atoms with Crippen LogP contribution in [0, 0.1) is 13.8 Å². The van der Waals surface area contributed by atoms with Crippen molar-refractivity contribution in [3.8, 4) is 16.5 Å². The van der Waals surface area contributed by atoms with Crippen LogP contribution in [-0.4, -0.2) is 39.8 Å². The quantitative estimate of drug-likeness (QED) is 0.500. The summed E-state index contributed by atoms with van der Waals surface area (Å²) in [6.07, 6.45) is 0. The normalized spacial score (nSPS) is 10.8. The number of carbonyl (C=O) groups is 1. The molecule has 0 atom stereocenters. The lowest BCUT2D eigenvalue weighted by molar-refractivity contribution is 0.102. The Bertz CT molecular complexity index is 1300. The van der Waals surface area contributed by atoms with Crippen molar-refractivity contribution in [1.29, 1.82) is 0 Å². The van der Waals surface area contributed by atoms with Crippen molar-refractivity contribution in [2.45, 2.75) is 13.8 Å². The highest BCUT2D eigenvalue weighted by Crippen LogP contribution is 2.27. The van der Waals surface area contributed by atoms with Crippen molar-refractivity contribution in [3.63, 3.8) is 0 Å². The van der Waals surface area contributed by atoms with Crippen molar-refractivity contribution in [2.24, 2.45) is 0 Å². The van der Waals surface area contributed by atoms with Crippen LogP contribution in [0.15, 0.2) is 52.6 Å². The van der Waals surface area contributed by atoms with Gasteiger partial charge in [0.15, 0.2) is 0 Å². The van der Waals surface area contributed by atoms with Gasteiger partial charge < -0.3 is 10.2 Å². The van der Waals surface area contributed by atoms with E-state index < -0.39 is 0 Å². The van der Waals surface area contributed by atoms with E-state index in [-0.39, 0.29) is 17.4 Å². The minimum atomic E-state index is -0.284. The first-order valence-corrected chi connectivity index (χ1v) is 10.5. The van der Waals surface area contributed by atoms with Crippen LogP contribution < -0.4 is 15.8 Å². The van der Waals surface area contributed by atoms with Crippen molar-refractivity contribution in [3.05, 3.63) is 75.0 Å². The lowest BCUT2D eigenvalue weighted by atomic mass is 10.2. The molecule has 31 heavy (non-hydrogen) atoms. The Morgan fingerprint density at radius 3 is 2.65 bits per heavy atom. The van der Waals surface area contributed by atoms with Gasteiger partial charge in [-0.15, -0.1) is 11.3 Å². The summed E-state index contributed by atoms with van der Waals surface area (Å²) in [7, 11) is 3.84. The molecule has 0 spiro atoms. The van der Waals surface area contributed by atoms with E-state index in [1.54, 1.807) is 26.0 Å². The third-order valence-electron chi connectivity index (χ3n) is 4.93. The van der Waals surface area contributed by atoms with Crippen molar-refractivity contribution < 1.29 is 4.79 Å². The van der Waals surface area contributed by atoms with Crippen LogP contribution in [0.3, 0.4) is 0 Å². The molecule has 1 aromatic carbocycles. The highest BCUT2D eigenvalue weighted by Gasteiger charge is 2.18.